The number of hydrogen-bond acceptors (Lipinski definition) is 4. The van der Waals surface area contributed by atoms with Gasteiger partial charge in [-0.05, 0) is 12.2 Å². The van der Waals surface area contributed by atoms with Gasteiger partial charge in [-0.2, -0.15) is 0 Å². The van der Waals surface area contributed by atoms with E-state index in [0.29, 0.717) is 5.75 Å². The number of nitrogens with zero attached hydrogens (tertiary/aromatic N) is 1. The Labute approximate surface area is 116 Å². The lowest BCUT2D eigenvalue weighted by atomic mass is 10.1. The van der Waals surface area contributed by atoms with Gasteiger partial charge < -0.3 is 4.74 Å². The molecule has 0 aromatic heterocycles. The summed E-state index contributed by atoms with van der Waals surface area (Å²) in [4.78, 5) is 16.4. The standard InChI is InChI=1S/C15H13NO2S/c17-13(11-6-2-1-3-7-11)10-19-15-16-12-8-4-5-9-14(12)18-15/h1-9,14-15H,10H2/t14-,15-/m1/s1. The maximum Gasteiger partial charge on any atom is 0.198 e. The van der Waals surface area contributed by atoms with E-state index in [1.165, 1.54) is 11.8 Å². The third-order valence-electron chi connectivity index (χ3n) is 2.93. The van der Waals surface area contributed by atoms with Crippen molar-refractivity contribution in [2.75, 3.05) is 5.75 Å². The summed E-state index contributed by atoms with van der Waals surface area (Å²) in [6, 6.07) is 9.30. The molecule has 2 atom stereocenters. The highest BCUT2D eigenvalue weighted by atomic mass is 32.2. The van der Waals surface area contributed by atoms with Gasteiger partial charge in [-0.15, -0.1) is 0 Å². The second-order valence-electron chi connectivity index (χ2n) is 4.26. The molecule has 1 aliphatic carbocycles. The molecule has 1 aliphatic heterocycles. The van der Waals surface area contributed by atoms with Gasteiger partial charge in [0, 0.05) is 5.56 Å². The number of carbonyl (C=O) groups is 1. The summed E-state index contributed by atoms with van der Waals surface area (Å²) in [6.07, 6.45) is 7.77. The highest BCUT2D eigenvalue weighted by molar-refractivity contribution is 8.00. The Hall–Kier alpha value is -1.65. The minimum atomic E-state index is -0.278. The van der Waals surface area contributed by atoms with Gasteiger partial charge in [0.15, 0.2) is 11.3 Å². The van der Waals surface area contributed by atoms with Crippen LogP contribution in [0.1, 0.15) is 10.4 Å². The Morgan fingerprint density at radius 1 is 1.26 bits per heavy atom. The summed E-state index contributed by atoms with van der Waals surface area (Å²) in [7, 11) is 0. The molecule has 19 heavy (non-hydrogen) atoms. The predicted octanol–water partition coefficient (Wildman–Crippen LogP) is 2.85. The van der Waals surface area contributed by atoms with E-state index >= 15 is 0 Å². The zero-order valence-corrected chi connectivity index (χ0v) is 11.0. The highest BCUT2D eigenvalue weighted by Gasteiger charge is 2.27. The molecule has 1 aromatic carbocycles. The van der Waals surface area contributed by atoms with Crippen LogP contribution in [-0.2, 0) is 4.74 Å². The maximum absolute atomic E-state index is 12.0. The molecule has 0 saturated heterocycles. The maximum atomic E-state index is 12.0. The molecule has 4 heteroatoms. The van der Waals surface area contributed by atoms with Crippen LogP contribution < -0.4 is 0 Å². The number of benzene rings is 1. The van der Waals surface area contributed by atoms with E-state index in [0.717, 1.165) is 11.3 Å². The molecule has 0 radical (unpaired) electrons. The van der Waals surface area contributed by atoms with Crippen molar-refractivity contribution in [2.24, 2.45) is 4.99 Å². The van der Waals surface area contributed by atoms with E-state index in [-0.39, 0.29) is 17.4 Å². The van der Waals surface area contributed by atoms with Crippen LogP contribution in [0.4, 0.5) is 0 Å². The summed E-state index contributed by atoms with van der Waals surface area (Å²) in [5.74, 6) is 0.487. The summed E-state index contributed by atoms with van der Waals surface area (Å²) in [5, 5.41) is 0. The fourth-order valence-electron chi connectivity index (χ4n) is 1.95. The number of ether oxygens (including phenoxy) is 1. The quantitative estimate of drug-likeness (QED) is 0.790. The van der Waals surface area contributed by atoms with Gasteiger partial charge in [0.1, 0.15) is 6.10 Å². The molecule has 0 unspecified atom stereocenters. The van der Waals surface area contributed by atoms with Crippen LogP contribution >= 0.6 is 11.8 Å². The number of ketones is 1. The fraction of sp³-hybridized carbons (Fsp3) is 0.200. The molecular weight excluding hydrogens is 258 g/mol. The van der Waals surface area contributed by atoms with Gasteiger partial charge in [-0.1, -0.05) is 54.2 Å². The van der Waals surface area contributed by atoms with Crippen molar-refractivity contribution in [2.45, 2.75) is 11.7 Å². The highest BCUT2D eigenvalue weighted by Crippen LogP contribution is 2.26. The Morgan fingerprint density at radius 3 is 2.89 bits per heavy atom. The molecular formula is C15H13NO2S. The lowest BCUT2D eigenvalue weighted by molar-refractivity contribution is 0.101. The van der Waals surface area contributed by atoms with Gasteiger partial charge in [-0.3, -0.25) is 4.79 Å². The summed E-state index contributed by atoms with van der Waals surface area (Å²) in [5.41, 5.74) is 1.39. The van der Waals surface area contributed by atoms with Crippen molar-refractivity contribution in [1.29, 1.82) is 0 Å². The zero-order valence-electron chi connectivity index (χ0n) is 10.2. The lowest BCUT2D eigenvalue weighted by Gasteiger charge is -2.10. The number of Topliss-reactive ketones (excluding diaryl/α,β-unsaturated/α-hetero) is 1. The van der Waals surface area contributed by atoms with Crippen molar-refractivity contribution in [3.05, 3.63) is 60.2 Å². The van der Waals surface area contributed by atoms with Crippen molar-refractivity contribution in [3.8, 4) is 0 Å². The first-order valence-corrected chi connectivity index (χ1v) is 7.16. The monoisotopic (exact) mass is 271 g/mol. The topological polar surface area (TPSA) is 38.7 Å². The minimum absolute atomic E-state index is 0.0469. The lowest BCUT2D eigenvalue weighted by Crippen LogP contribution is -2.16. The number of thioether (sulfide) groups is 1. The molecule has 3 rings (SSSR count). The Balaban J connectivity index is 1.57. The number of aliphatic imine (C=N–C) groups is 1. The Morgan fingerprint density at radius 2 is 2.11 bits per heavy atom. The Kier molecular flexibility index (Phi) is 3.62. The van der Waals surface area contributed by atoms with Crippen LogP contribution in [0.15, 0.2) is 59.6 Å². The first-order valence-electron chi connectivity index (χ1n) is 6.11. The van der Waals surface area contributed by atoms with Crippen LogP contribution in [0.3, 0.4) is 0 Å². The number of hydrogen-bond donors (Lipinski definition) is 0. The summed E-state index contributed by atoms with van der Waals surface area (Å²) < 4.78 is 5.72. The van der Waals surface area contributed by atoms with Gasteiger partial charge in [0.25, 0.3) is 0 Å². The smallest absolute Gasteiger partial charge is 0.198 e. The van der Waals surface area contributed by atoms with E-state index in [1.54, 1.807) is 0 Å². The van der Waals surface area contributed by atoms with Gasteiger partial charge >= 0.3 is 0 Å². The van der Waals surface area contributed by atoms with Crippen molar-refractivity contribution < 1.29 is 9.53 Å². The van der Waals surface area contributed by atoms with Crippen LogP contribution in [-0.4, -0.2) is 28.9 Å². The number of rotatable bonds is 4. The van der Waals surface area contributed by atoms with Crippen molar-refractivity contribution in [3.63, 3.8) is 0 Å². The molecule has 0 spiro atoms. The number of allylic oxidation sites excluding steroid dienone is 2. The number of carbonyl (C=O) groups excluding carboxylic acids is 1. The van der Waals surface area contributed by atoms with E-state index in [2.05, 4.69) is 4.99 Å². The molecule has 0 amide bonds. The molecule has 2 aliphatic rings. The third kappa shape index (κ3) is 2.85. The molecule has 0 saturated carbocycles. The second-order valence-corrected chi connectivity index (χ2v) is 5.29. The van der Waals surface area contributed by atoms with Gasteiger partial charge in [-0.25, -0.2) is 4.99 Å². The average Bonchev–Trinajstić information content (AvgIpc) is 2.88. The molecule has 0 bridgehead atoms. The first-order chi connectivity index (χ1) is 9.33. The molecule has 1 aromatic rings. The van der Waals surface area contributed by atoms with Crippen LogP contribution in [0.2, 0.25) is 0 Å². The zero-order chi connectivity index (χ0) is 13.1. The predicted molar refractivity (Wildman–Crippen MR) is 77.6 cm³/mol. The average molecular weight is 271 g/mol. The molecule has 3 nitrogen and oxygen atoms in total. The summed E-state index contributed by atoms with van der Waals surface area (Å²) in [6.45, 7) is 0. The second kappa shape index (κ2) is 5.55. The first kappa shape index (κ1) is 12.4. The van der Waals surface area contributed by atoms with Crippen molar-refractivity contribution >= 4 is 23.3 Å². The van der Waals surface area contributed by atoms with Gasteiger partial charge in [0.2, 0.25) is 0 Å². The third-order valence-corrected chi connectivity index (χ3v) is 3.86. The SMILES string of the molecule is O=C(CS[C@@H]1N=C2C=CC=C[C@H]2O1)c1ccccc1. The molecule has 0 fully saturated rings. The molecule has 96 valence electrons. The number of fused-ring (bicyclic) bond motifs is 1. The van der Waals surface area contributed by atoms with Crippen LogP contribution in [0, 0.1) is 0 Å². The largest absolute Gasteiger partial charge is 0.333 e. The van der Waals surface area contributed by atoms with E-state index < -0.39 is 0 Å². The Bertz CT molecular complexity index is 563. The van der Waals surface area contributed by atoms with Crippen LogP contribution in [0.25, 0.3) is 0 Å². The molecule has 1 heterocycles. The van der Waals surface area contributed by atoms with Crippen molar-refractivity contribution in [1.82, 2.24) is 0 Å². The molecule has 0 N–H and O–H groups in total. The van der Waals surface area contributed by atoms with Gasteiger partial charge in [0.05, 0.1) is 11.5 Å². The normalized spacial score (nSPS) is 24.1. The van der Waals surface area contributed by atoms with E-state index in [1.807, 2.05) is 54.6 Å². The summed E-state index contributed by atoms with van der Waals surface area (Å²) >= 11 is 1.43. The van der Waals surface area contributed by atoms with E-state index in [4.69, 9.17) is 4.74 Å². The van der Waals surface area contributed by atoms with E-state index in [9.17, 15) is 4.79 Å². The fourth-order valence-corrected chi connectivity index (χ4v) is 2.81. The van der Waals surface area contributed by atoms with Crippen LogP contribution in [0.5, 0.6) is 0 Å². The minimum Gasteiger partial charge on any atom is -0.333 e.